The van der Waals surface area contributed by atoms with Crippen molar-refractivity contribution in [2.24, 2.45) is 56.2 Å². The van der Waals surface area contributed by atoms with Crippen molar-refractivity contribution in [3.05, 3.63) is 11.6 Å². The Bertz CT molecular complexity index is 822. The van der Waals surface area contributed by atoms with E-state index in [9.17, 15) is 5.11 Å². The Hall–Kier alpha value is -0.300. The van der Waals surface area contributed by atoms with E-state index in [1.807, 2.05) is 5.57 Å². The van der Waals surface area contributed by atoms with Gasteiger partial charge in [-0.15, -0.1) is 0 Å². The fourth-order valence-electron chi connectivity index (χ4n) is 11.5. The van der Waals surface area contributed by atoms with Crippen LogP contribution in [-0.2, 0) is 0 Å². The third kappa shape index (κ3) is 2.41. The molecule has 182 valence electrons. The number of hydrogen-bond acceptors (Lipinski definition) is 1. The van der Waals surface area contributed by atoms with Gasteiger partial charge < -0.3 is 5.11 Å². The summed E-state index contributed by atoms with van der Waals surface area (Å²) in [4.78, 5) is 0. The number of aliphatic hydroxyl groups is 1. The Morgan fingerprint density at radius 2 is 1.50 bits per heavy atom. The van der Waals surface area contributed by atoms with Crippen LogP contribution in [0.5, 0.6) is 0 Å². The van der Waals surface area contributed by atoms with Crippen molar-refractivity contribution in [3.63, 3.8) is 0 Å². The molecule has 5 aliphatic rings. The fraction of sp³-hybridized carbons (Fsp3) is 0.935. The molecule has 0 aliphatic heterocycles. The molecule has 0 heterocycles. The molecule has 1 nitrogen and oxygen atoms in total. The molecular formula is C31H52O. The molecule has 32 heavy (non-hydrogen) atoms. The Morgan fingerprint density at radius 3 is 2.16 bits per heavy atom. The van der Waals surface area contributed by atoms with Gasteiger partial charge in [-0.1, -0.05) is 74.0 Å². The molecule has 0 radical (unpaired) electrons. The van der Waals surface area contributed by atoms with Crippen LogP contribution in [0.15, 0.2) is 11.6 Å². The predicted octanol–water partition coefficient (Wildman–Crippen LogP) is 8.41. The summed E-state index contributed by atoms with van der Waals surface area (Å²) in [5.41, 5.74) is 3.62. The smallest absolute Gasteiger partial charge is 0.0597 e. The highest BCUT2D eigenvalue weighted by molar-refractivity contribution is 5.35. The Kier molecular flexibility index (Phi) is 4.89. The highest BCUT2D eigenvalue weighted by Crippen LogP contribution is 2.78. The van der Waals surface area contributed by atoms with Gasteiger partial charge in [-0.25, -0.2) is 0 Å². The summed E-state index contributed by atoms with van der Waals surface area (Å²) in [6, 6.07) is 0. The summed E-state index contributed by atoms with van der Waals surface area (Å²) in [6.07, 6.45) is 14.4. The minimum absolute atomic E-state index is 0.0193. The molecule has 1 heteroatoms. The molecular weight excluding hydrogens is 388 g/mol. The van der Waals surface area contributed by atoms with Gasteiger partial charge in [0.15, 0.2) is 0 Å². The molecule has 0 saturated heterocycles. The quantitative estimate of drug-likeness (QED) is 0.406. The van der Waals surface area contributed by atoms with Crippen LogP contribution in [-0.4, -0.2) is 11.2 Å². The molecule has 0 amide bonds. The second-order valence-corrected chi connectivity index (χ2v) is 15.2. The number of hydrogen-bond donors (Lipinski definition) is 1. The van der Waals surface area contributed by atoms with Gasteiger partial charge in [0.2, 0.25) is 0 Å². The van der Waals surface area contributed by atoms with Gasteiger partial charge in [-0.3, -0.25) is 0 Å². The maximum atomic E-state index is 11.0. The fourth-order valence-corrected chi connectivity index (χ4v) is 11.5. The molecule has 4 fully saturated rings. The van der Waals surface area contributed by atoms with E-state index in [0.717, 1.165) is 30.1 Å². The van der Waals surface area contributed by atoms with Crippen molar-refractivity contribution >= 4 is 0 Å². The van der Waals surface area contributed by atoms with E-state index < -0.39 is 0 Å². The van der Waals surface area contributed by atoms with Gasteiger partial charge >= 0.3 is 0 Å². The van der Waals surface area contributed by atoms with Crippen LogP contribution in [0.2, 0.25) is 0 Å². The average molecular weight is 441 g/mol. The Morgan fingerprint density at radius 1 is 0.812 bits per heavy atom. The summed E-state index contributed by atoms with van der Waals surface area (Å²) in [7, 11) is 0. The maximum Gasteiger partial charge on any atom is 0.0597 e. The molecule has 4 saturated carbocycles. The number of rotatable bonds is 1. The predicted molar refractivity (Wildman–Crippen MR) is 135 cm³/mol. The molecule has 9 atom stereocenters. The molecule has 0 spiro atoms. The lowest BCUT2D eigenvalue weighted by atomic mass is 9.33. The zero-order valence-corrected chi connectivity index (χ0v) is 22.8. The standard InChI is InChI=1S/C31H52O/c1-20(2)21-10-11-24-27(21,5)18-19-28(6)22-13-17-31(9)26(3,4)25(32)14-16-29(31,7)23(22)12-15-30(24,28)8/h12,20-22,24-25,32H,10-11,13-19H2,1-9H3/t21-,22+,24-,25-,27-,28-,29+,30+,31-/m0/s1. The monoisotopic (exact) mass is 440 g/mol. The van der Waals surface area contributed by atoms with Gasteiger partial charge in [-0.05, 0) is 114 Å². The largest absolute Gasteiger partial charge is 0.393 e. The van der Waals surface area contributed by atoms with E-state index in [2.05, 4.69) is 68.4 Å². The summed E-state index contributed by atoms with van der Waals surface area (Å²) >= 11 is 0. The van der Waals surface area contributed by atoms with E-state index in [4.69, 9.17) is 0 Å². The first-order valence-corrected chi connectivity index (χ1v) is 14.1. The highest BCUT2D eigenvalue weighted by atomic mass is 16.3. The molecule has 1 N–H and O–H groups in total. The van der Waals surface area contributed by atoms with Gasteiger partial charge in [0.1, 0.15) is 0 Å². The topological polar surface area (TPSA) is 20.2 Å². The van der Waals surface area contributed by atoms with Crippen LogP contribution in [0.1, 0.15) is 120 Å². The number of allylic oxidation sites excluding steroid dienone is 2. The van der Waals surface area contributed by atoms with E-state index in [1.54, 1.807) is 0 Å². The zero-order chi connectivity index (χ0) is 23.5. The molecule has 5 rings (SSSR count). The minimum atomic E-state index is -0.163. The van der Waals surface area contributed by atoms with Crippen LogP contribution in [0.4, 0.5) is 0 Å². The highest BCUT2D eigenvalue weighted by Gasteiger charge is 2.70. The lowest BCUT2D eigenvalue weighted by molar-refractivity contribution is -0.194. The summed E-state index contributed by atoms with van der Waals surface area (Å²) in [6.45, 7) is 22.9. The van der Waals surface area contributed by atoms with Crippen molar-refractivity contribution in [2.45, 2.75) is 126 Å². The number of aliphatic hydroxyl groups excluding tert-OH is 1. The second-order valence-electron chi connectivity index (χ2n) is 15.2. The minimum Gasteiger partial charge on any atom is -0.393 e. The third-order valence-electron chi connectivity index (χ3n) is 14.3. The number of fused-ring (bicyclic) bond motifs is 7. The maximum absolute atomic E-state index is 11.0. The van der Waals surface area contributed by atoms with Crippen molar-refractivity contribution in [1.29, 1.82) is 0 Å². The van der Waals surface area contributed by atoms with E-state index in [0.29, 0.717) is 16.2 Å². The van der Waals surface area contributed by atoms with Crippen LogP contribution in [0.25, 0.3) is 0 Å². The van der Waals surface area contributed by atoms with E-state index >= 15 is 0 Å². The van der Waals surface area contributed by atoms with E-state index in [-0.39, 0.29) is 22.3 Å². The van der Waals surface area contributed by atoms with Crippen molar-refractivity contribution in [3.8, 4) is 0 Å². The SMILES string of the molecule is CC(C)[C@@H]1CC[C@H]2[C@@]1(C)CC[C@@]1(C)[C@@H]3CC[C@@]4(C)C(C)(C)[C@@H](O)CC[C@]4(C)C3=CC[C@]21C. The first kappa shape index (κ1) is 23.4. The Labute approximate surface area is 199 Å². The molecule has 0 aromatic heterocycles. The summed E-state index contributed by atoms with van der Waals surface area (Å²) in [5.74, 6) is 3.35. The molecule has 0 aromatic rings. The molecule has 0 aromatic carbocycles. The van der Waals surface area contributed by atoms with Crippen LogP contribution in [0, 0.1) is 56.2 Å². The van der Waals surface area contributed by atoms with Crippen molar-refractivity contribution in [2.75, 3.05) is 0 Å². The molecule has 0 bridgehead atoms. The van der Waals surface area contributed by atoms with Crippen LogP contribution in [0.3, 0.4) is 0 Å². The lowest BCUT2D eigenvalue weighted by Gasteiger charge is -2.71. The normalized spacial score (nSPS) is 56.7. The summed E-state index contributed by atoms with van der Waals surface area (Å²) in [5, 5.41) is 11.0. The van der Waals surface area contributed by atoms with Gasteiger partial charge in [-0.2, -0.15) is 0 Å². The van der Waals surface area contributed by atoms with Gasteiger partial charge in [0.25, 0.3) is 0 Å². The Balaban J connectivity index is 1.58. The van der Waals surface area contributed by atoms with Gasteiger partial charge in [0, 0.05) is 0 Å². The summed E-state index contributed by atoms with van der Waals surface area (Å²) < 4.78 is 0. The first-order chi connectivity index (χ1) is 14.7. The molecule has 0 unspecified atom stereocenters. The van der Waals surface area contributed by atoms with Crippen LogP contribution < -0.4 is 0 Å². The van der Waals surface area contributed by atoms with Gasteiger partial charge in [0.05, 0.1) is 6.10 Å². The van der Waals surface area contributed by atoms with Crippen molar-refractivity contribution in [1.82, 2.24) is 0 Å². The lowest BCUT2D eigenvalue weighted by Crippen LogP contribution is -2.65. The average Bonchev–Trinajstić information content (AvgIpc) is 3.08. The van der Waals surface area contributed by atoms with Crippen molar-refractivity contribution < 1.29 is 5.11 Å². The third-order valence-corrected chi connectivity index (χ3v) is 14.3. The second kappa shape index (κ2) is 6.67. The van der Waals surface area contributed by atoms with E-state index in [1.165, 1.54) is 51.4 Å². The van der Waals surface area contributed by atoms with Crippen LogP contribution >= 0.6 is 0 Å². The first-order valence-electron chi connectivity index (χ1n) is 14.1. The molecule has 5 aliphatic carbocycles. The zero-order valence-electron chi connectivity index (χ0n) is 22.8.